The van der Waals surface area contributed by atoms with E-state index in [0.717, 1.165) is 6.42 Å². The summed E-state index contributed by atoms with van der Waals surface area (Å²) in [6, 6.07) is 17.3. The Hall–Kier alpha value is -2.08. The molecule has 0 bridgehead atoms. The highest BCUT2D eigenvalue weighted by atomic mass is 14.2. The normalized spacial score (nSPS) is 9.88. The van der Waals surface area contributed by atoms with Crippen LogP contribution in [-0.4, -0.2) is 0 Å². The van der Waals surface area contributed by atoms with Crippen molar-refractivity contribution < 1.29 is 0 Å². The minimum Gasteiger partial charge on any atom is -0.106 e. The van der Waals surface area contributed by atoms with E-state index < -0.39 is 0 Å². The topological polar surface area (TPSA) is 0 Å². The zero-order valence-corrected chi connectivity index (χ0v) is 10.2. The van der Waals surface area contributed by atoms with E-state index in [9.17, 15) is 0 Å². The van der Waals surface area contributed by atoms with E-state index in [0.29, 0.717) is 0 Å². The fourth-order valence-electron chi connectivity index (χ4n) is 2.08. The molecule has 0 N–H and O–H groups in total. The van der Waals surface area contributed by atoms with Crippen molar-refractivity contribution in [2.24, 2.45) is 0 Å². The Bertz CT molecular complexity index is 437. The zero-order valence-electron chi connectivity index (χ0n) is 10.2. The molecule has 17 heavy (non-hydrogen) atoms. The fraction of sp³-hybridized carbons (Fsp3) is 0.0588. The predicted molar refractivity (Wildman–Crippen MR) is 77.2 cm³/mol. The molecule has 1 aliphatic rings. The van der Waals surface area contributed by atoms with Gasteiger partial charge < -0.3 is 0 Å². The van der Waals surface area contributed by atoms with Crippen LogP contribution in [0.15, 0.2) is 74.8 Å². The van der Waals surface area contributed by atoms with Crippen LogP contribution in [0.1, 0.15) is 11.1 Å². The number of fused-ring (bicyclic) bond motifs is 3. The van der Waals surface area contributed by atoms with Gasteiger partial charge in [0.2, 0.25) is 0 Å². The highest BCUT2D eigenvalue weighted by molar-refractivity contribution is 5.76. The second kappa shape index (κ2) is 6.49. The first kappa shape index (κ1) is 13.0. The van der Waals surface area contributed by atoms with Gasteiger partial charge in [0.25, 0.3) is 0 Å². The van der Waals surface area contributed by atoms with E-state index in [2.05, 4.69) is 74.8 Å². The van der Waals surface area contributed by atoms with Crippen molar-refractivity contribution in [1.29, 1.82) is 0 Å². The van der Waals surface area contributed by atoms with Gasteiger partial charge in [-0.3, -0.25) is 0 Å². The standard InChI is InChI=1S/C13H10.2C2H4/c1-3-7-12-10(5-1)9-11-6-2-4-8-13(11)12;2*1-2/h1-8H,9H2;2*1-2H2. The third kappa shape index (κ3) is 2.54. The lowest BCUT2D eigenvalue weighted by molar-refractivity contribution is 1.26. The Morgan fingerprint density at radius 3 is 1.35 bits per heavy atom. The van der Waals surface area contributed by atoms with Crippen molar-refractivity contribution in [3.63, 3.8) is 0 Å². The summed E-state index contributed by atoms with van der Waals surface area (Å²) in [4.78, 5) is 0. The highest BCUT2D eigenvalue weighted by Gasteiger charge is 2.15. The van der Waals surface area contributed by atoms with Crippen LogP contribution >= 0.6 is 0 Å². The first-order valence-corrected chi connectivity index (χ1v) is 5.61. The van der Waals surface area contributed by atoms with E-state index in [1.54, 1.807) is 0 Å². The molecular weight excluding hydrogens is 204 g/mol. The maximum Gasteiger partial charge on any atom is -0.00135 e. The molecule has 0 saturated heterocycles. The highest BCUT2D eigenvalue weighted by Crippen LogP contribution is 2.35. The smallest absolute Gasteiger partial charge is 0.00135 e. The van der Waals surface area contributed by atoms with E-state index >= 15 is 0 Å². The summed E-state index contributed by atoms with van der Waals surface area (Å²) in [6.45, 7) is 12.0. The maximum absolute atomic E-state index is 3.00. The molecule has 0 nitrogen and oxygen atoms in total. The molecule has 0 spiro atoms. The summed E-state index contributed by atoms with van der Waals surface area (Å²) >= 11 is 0. The van der Waals surface area contributed by atoms with E-state index in [1.807, 2.05) is 0 Å². The number of rotatable bonds is 0. The lowest BCUT2D eigenvalue weighted by Gasteiger charge is -1.98. The molecule has 0 amide bonds. The Morgan fingerprint density at radius 2 is 0.941 bits per heavy atom. The molecule has 0 radical (unpaired) electrons. The Balaban J connectivity index is 0.000000330. The molecule has 3 rings (SSSR count). The van der Waals surface area contributed by atoms with Crippen molar-refractivity contribution in [3.8, 4) is 11.1 Å². The first-order valence-electron chi connectivity index (χ1n) is 5.61. The zero-order chi connectivity index (χ0) is 12.7. The average molecular weight is 222 g/mol. The third-order valence-corrected chi connectivity index (χ3v) is 2.71. The Morgan fingerprint density at radius 1 is 0.588 bits per heavy atom. The van der Waals surface area contributed by atoms with Crippen LogP contribution in [0.25, 0.3) is 11.1 Å². The average Bonchev–Trinajstić information content (AvgIpc) is 2.82. The van der Waals surface area contributed by atoms with Crippen LogP contribution in [0.4, 0.5) is 0 Å². The minimum atomic E-state index is 1.10. The summed E-state index contributed by atoms with van der Waals surface area (Å²) in [5, 5.41) is 0. The van der Waals surface area contributed by atoms with Gasteiger partial charge in [-0.15, -0.1) is 26.3 Å². The second-order valence-electron chi connectivity index (χ2n) is 3.49. The SMILES string of the molecule is C=C.C=C.c1ccc2c(c1)Cc1ccccc1-2. The van der Waals surface area contributed by atoms with Gasteiger partial charge in [0.1, 0.15) is 0 Å². The van der Waals surface area contributed by atoms with Gasteiger partial charge in [-0.2, -0.15) is 0 Å². The van der Waals surface area contributed by atoms with Gasteiger partial charge in [-0.1, -0.05) is 48.5 Å². The Labute approximate surface area is 104 Å². The molecule has 2 aromatic rings. The van der Waals surface area contributed by atoms with Crippen molar-refractivity contribution in [2.75, 3.05) is 0 Å². The maximum atomic E-state index is 3.00. The largest absolute Gasteiger partial charge is 0.106 e. The summed E-state index contributed by atoms with van der Waals surface area (Å²) in [7, 11) is 0. The van der Waals surface area contributed by atoms with Gasteiger partial charge in [-0.05, 0) is 28.7 Å². The summed E-state index contributed by atoms with van der Waals surface area (Å²) in [5.41, 5.74) is 5.75. The summed E-state index contributed by atoms with van der Waals surface area (Å²) in [6.07, 6.45) is 1.10. The Kier molecular flexibility index (Phi) is 4.96. The quantitative estimate of drug-likeness (QED) is 0.476. The molecule has 0 saturated carbocycles. The molecule has 0 aromatic heterocycles. The number of hydrogen-bond acceptors (Lipinski definition) is 0. The molecule has 0 aliphatic heterocycles. The predicted octanol–water partition coefficient (Wildman–Crippen LogP) is 4.86. The molecule has 0 unspecified atom stereocenters. The lowest BCUT2D eigenvalue weighted by atomic mass is 10.1. The number of benzene rings is 2. The van der Waals surface area contributed by atoms with Crippen LogP contribution in [-0.2, 0) is 6.42 Å². The van der Waals surface area contributed by atoms with E-state index in [4.69, 9.17) is 0 Å². The van der Waals surface area contributed by atoms with Gasteiger partial charge in [0.15, 0.2) is 0 Å². The van der Waals surface area contributed by atoms with Crippen molar-refractivity contribution >= 4 is 0 Å². The molecule has 0 heterocycles. The van der Waals surface area contributed by atoms with Gasteiger partial charge in [-0.25, -0.2) is 0 Å². The molecule has 86 valence electrons. The summed E-state index contributed by atoms with van der Waals surface area (Å²) in [5.74, 6) is 0. The summed E-state index contributed by atoms with van der Waals surface area (Å²) < 4.78 is 0. The van der Waals surface area contributed by atoms with E-state index in [-0.39, 0.29) is 0 Å². The first-order chi connectivity index (χ1) is 8.45. The van der Waals surface area contributed by atoms with Crippen LogP contribution in [0.3, 0.4) is 0 Å². The molecule has 1 aliphatic carbocycles. The van der Waals surface area contributed by atoms with Crippen molar-refractivity contribution in [1.82, 2.24) is 0 Å². The van der Waals surface area contributed by atoms with Crippen LogP contribution in [0, 0.1) is 0 Å². The third-order valence-electron chi connectivity index (χ3n) is 2.71. The monoisotopic (exact) mass is 222 g/mol. The molecule has 0 atom stereocenters. The lowest BCUT2D eigenvalue weighted by Crippen LogP contribution is -1.77. The van der Waals surface area contributed by atoms with Crippen molar-refractivity contribution in [3.05, 3.63) is 86.0 Å². The van der Waals surface area contributed by atoms with E-state index in [1.165, 1.54) is 22.3 Å². The molecule has 0 fully saturated rings. The molecule has 0 heteroatoms. The van der Waals surface area contributed by atoms with Crippen molar-refractivity contribution in [2.45, 2.75) is 6.42 Å². The fourth-order valence-corrected chi connectivity index (χ4v) is 2.08. The van der Waals surface area contributed by atoms with Gasteiger partial charge >= 0.3 is 0 Å². The van der Waals surface area contributed by atoms with Gasteiger partial charge in [0.05, 0.1) is 0 Å². The van der Waals surface area contributed by atoms with Crippen LogP contribution in [0.2, 0.25) is 0 Å². The molecule has 2 aromatic carbocycles. The van der Waals surface area contributed by atoms with Crippen LogP contribution in [0.5, 0.6) is 0 Å². The molecular formula is C17H18. The minimum absolute atomic E-state index is 1.10. The van der Waals surface area contributed by atoms with Crippen LogP contribution < -0.4 is 0 Å². The number of hydrogen-bond donors (Lipinski definition) is 0. The second-order valence-corrected chi connectivity index (χ2v) is 3.49. The van der Waals surface area contributed by atoms with Gasteiger partial charge in [0, 0.05) is 0 Å².